The van der Waals surface area contributed by atoms with Gasteiger partial charge in [-0.15, -0.1) is 2.78 Å². The van der Waals surface area contributed by atoms with Gasteiger partial charge in [-0.1, -0.05) is 57.2 Å². The summed E-state index contributed by atoms with van der Waals surface area (Å²) >= 11 is 2.26. The van der Waals surface area contributed by atoms with Gasteiger partial charge in [0, 0.05) is 12.1 Å². The maximum absolute atomic E-state index is 5.95. The van der Waals surface area contributed by atoms with Crippen LogP contribution in [0.25, 0.3) is 21.9 Å². The monoisotopic (exact) mass is 460 g/mol. The van der Waals surface area contributed by atoms with Crippen LogP contribution in [0.15, 0.2) is 60.9 Å². The molecule has 0 spiro atoms. The van der Waals surface area contributed by atoms with Crippen molar-refractivity contribution in [1.29, 1.82) is 0 Å². The first kappa shape index (κ1) is 19.2. The van der Waals surface area contributed by atoms with Crippen LogP contribution in [0.1, 0.15) is 45.4 Å². The first-order chi connectivity index (χ1) is 12.8. The molecule has 0 unspecified atom stereocenters. The van der Waals surface area contributed by atoms with Gasteiger partial charge < -0.3 is 4.74 Å². The summed E-state index contributed by atoms with van der Waals surface area (Å²) in [5.41, 5.74) is 2.48. The third-order valence-electron chi connectivity index (χ3n) is 4.70. The van der Waals surface area contributed by atoms with Gasteiger partial charge in [-0.05, 0) is 46.5 Å². The topological polar surface area (TPSA) is 13.1 Å². The Kier molecular flexibility index (Phi) is 7.30. The zero-order chi connectivity index (χ0) is 18.2. The summed E-state index contributed by atoms with van der Waals surface area (Å²) in [5.74, 6) is 0.976. The summed E-state index contributed by atoms with van der Waals surface area (Å²) in [4.78, 5) is 0. The number of hydrogen-bond donors (Lipinski definition) is 0. The Labute approximate surface area is 170 Å². The summed E-state index contributed by atoms with van der Waals surface area (Å²) in [6, 6.07) is 17.3. The smallest absolute Gasteiger partial charge is 0.353 e. The highest BCUT2D eigenvalue weighted by Crippen LogP contribution is 2.27. The van der Waals surface area contributed by atoms with Crippen LogP contribution in [-0.4, -0.2) is 6.61 Å². The maximum Gasteiger partial charge on any atom is 0.353 e. The Hall–Kier alpha value is -1.62. The molecule has 0 aliphatic carbocycles. The van der Waals surface area contributed by atoms with Gasteiger partial charge in [-0.3, -0.25) is 0 Å². The van der Waals surface area contributed by atoms with E-state index in [0.717, 1.165) is 18.8 Å². The van der Waals surface area contributed by atoms with E-state index in [2.05, 4.69) is 90.7 Å². The number of unbranched alkanes of at least 4 members (excludes halogenated alkanes) is 5. The summed E-state index contributed by atoms with van der Waals surface area (Å²) < 4.78 is 7.97. The van der Waals surface area contributed by atoms with Crippen LogP contribution in [0, 0.1) is 0 Å². The molecule has 0 fully saturated rings. The summed E-state index contributed by atoms with van der Waals surface area (Å²) in [7, 11) is 0. The van der Waals surface area contributed by atoms with E-state index >= 15 is 0 Å². The van der Waals surface area contributed by atoms with Crippen LogP contribution in [0.4, 0.5) is 0 Å². The summed E-state index contributed by atoms with van der Waals surface area (Å²) in [6.07, 6.45) is 11.9. The van der Waals surface area contributed by atoms with Crippen LogP contribution < -0.4 is 7.52 Å². The van der Waals surface area contributed by atoms with Gasteiger partial charge in [0.25, 0.3) is 0 Å². The van der Waals surface area contributed by atoms with Crippen LogP contribution in [0.3, 0.4) is 0 Å². The van der Waals surface area contributed by atoms with E-state index in [4.69, 9.17) is 4.74 Å². The number of aromatic nitrogens is 1. The van der Waals surface area contributed by atoms with Crippen LogP contribution in [0.5, 0.6) is 5.75 Å². The molecule has 1 heterocycles. The number of pyridine rings is 1. The average molecular weight is 460 g/mol. The molecule has 0 atom stereocenters. The molecular formula is C23H27INO+. The Morgan fingerprint density at radius 1 is 0.769 bits per heavy atom. The van der Waals surface area contributed by atoms with E-state index in [0.29, 0.717) is 0 Å². The van der Waals surface area contributed by atoms with Gasteiger partial charge in [0.2, 0.25) is 0 Å². The molecule has 0 amide bonds. The zero-order valence-electron chi connectivity index (χ0n) is 15.5. The predicted octanol–water partition coefficient (Wildman–Crippen LogP) is 6.73. The van der Waals surface area contributed by atoms with Crippen molar-refractivity contribution in [1.82, 2.24) is 0 Å². The average Bonchev–Trinajstić information content (AvgIpc) is 2.67. The van der Waals surface area contributed by atoms with E-state index in [9.17, 15) is 0 Å². The summed E-state index contributed by atoms with van der Waals surface area (Å²) in [6.45, 7) is 3.07. The van der Waals surface area contributed by atoms with Crippen molar-refractivity contribution in [2.75, 3.05) is 6.61 Å². The molecule has 0 aliphatic rings. The Morgan fingerprint density at radius 3 is 2.27 bits per heavy atom. The molecule has 0 radical (unpaired) electrons. The van der Waals surface area contributed by atoms with Crippen molar-refractivity contribution in [2.24, 2.45) is 0 Å². The lowest BCUT2D eigenvalue weighted by Gasteiger charge is -2.08. The number of fused-ring (bicyclic) bond motifs is 1. The van der Waals surface area contributed by atoms with Gasteiger partial charge in [-0.25, -0.2) is 0 Å². The minimum Gasteiger partial charge on any atom is -0.494 e. The van der Waals surface area contributed by atoms with Gasteiger partial charge in [0.15, 0.2) is 12.4 Å². The first-order valence-electron chi connectivity index (χ1n) is 9.61. The second kappa shape index (κ2) is 9.91. The minimum absolute atomic E-state index is 0.816. The first-order valence-corrected chi connectivity index (χ1v) is 10.6. The van der Waals surface area contributed by atoms with Crippen molar-refractivity contribution in [3.8, 4) is 16.9 Å². The fourth-order valence-electron chi connectivity index (χ4n) is 3.17. The molecule has 0 aliphatic heterocycles. The molecule has 26 heavy (non-hydrogen) atoms. The van der Waals surface area contributed by atoms with Crippen molar-refractivity contribution < 1.29 is 7.52 Å². The highest BCUT2D eigenvalue weighted by Gasteiger charge is 2.04. The maximum atomic E-state index is 5.95. The van der Waals surface area contributed by atoms with E-state index in [-0.39, 0.29) is 0 Å². The van der Waals surface area contributed by atoms with E-state index in [1.165, 1.54) is 54.0 Å². The molecular weight excluding hydrogens is 433 g/mol. The Bertz CT molecular complexity index is 829. The highest BCUT2D eigenvalue weighted by molar-refractivity contribution is 14.1. The van der Waals surface area contributed by atoms with Gasteiger partial charge >= 0.3 is 22.9 Å². The van der Waals surface area contributed by atoms with Crippen molar-refractivity contribution >= 4 is 33.6 Å². The fourth-order valence-corrected chi connectivity index (χ4v) is 3.49. The number of rotatable bonds is 9. The van der Waals surface area contributed by atoms with Crippen LogP contribution >= 0.6 is 22.9 Å². The number of nitrogens with zero attached hydrogens (tertiary/aromatic N) is 1. The third-order valence-corrected chi connectivity index (χ3v) is 5.35. The third kappa shape index (κ3) is 5.44. The molecule has 1 aromatic heterocycles. The number of ether oxygens (including phenoxy) is 1. The molecule has 3 aromatic rings. The number of benzene rings is 2. The Morgan fingerprint density at radius 2 is 1.46 bits per heavy atom. The number of hydrogen-bond acceptors (Lipinski definition) is 1. The molecule has 3 heteroatoms. The fraction of sp³-hybridized carbons (Fsp3) is 0.348. The van der Waals surface area contributed by atoms with Gasteiger partial charge in [0.05, 0.1) is 6.61 Å². The Balaban J connectivity index is 1.59. The van der Waals surface area contributed by atoms with Gasteiger partial charge in [0.1, 0.15) is 5.75 Å². The predicted molar refractivity (Wildman–Crippen MR) is 118 cm³/mol. The van der Waals surface area contributed by atoms with E-state index in [1.807, 2.05) is 2.78 Å². The van der Waals surface area contributed by atoms with Gasteiger partial charge in [-0.2, -0.15) is 0 Å². The van der Waals surface area contributed by atoms with Crippen LogP contribution in [-0.2, 0) is 0 Å². The summed E-state index contributed by atoms with van der Waals surface area (Å²) in [5, 5.41) is 2.48. The quantitative estimate of drug-likeness (QED) is 0.255. The normalized spacial score (nSPS) is 11.0. The molecule has 0 N–H and O–H groups in total. The molecule has 0 saturated carbocycles. The lowest BCUT2D eigenvalue weighted by atomic mass is 10.0. The van der Waals surface area contributed by atoms with Crippen molar-refractivity contribution in [3.05, 3.63) is 60.9 Å². The largest absolute Gasteiger partial charge is 0.494 e. The molecule has 2 aromatic carbocycles. The highest BCUT2D eigenvalue weighted by atomic mass is 127. The lowest BCUT2D eigenvalue weighted by molar-refractivity contribution is -0.440. The van der Waals surface area contributed by atoms with Crippen LogP contribution in [0.2, 0.25) is 0 Å². The number of halogens is 1. The van der Waals surface area contributed by atoms with E-state index in [1.54, 1.807) is 0 Å². The standard InChI is InChI=1S/C23H27INO/c1-2-3-4-5-6-7-16-26-23-11-10-21-17-20(8-9-22(21)18-23)19-12-14-25(24)15-13-19/h8-15,17-18H,2-7,16H2,1H3/q+1. The second-order valence-electron chi connectivity index (χ2n) is 6.77. The molecule has 0 bridgehead atoms. The van der Waals surface area contributed by atoms with E-state index < -0.39 is 0 Å². The molecule has 136 valence electrons. The zero-order valence-corrected chi connectivity index (χ0v) is 17.6. The SMILES string of the molecule is CCCCCCCCOc1ccc2cc(-c3cc[n+](I)cc3)ccc2c1. The molecule has 3 rings (SSSR count). The molecule has 2 nitrogen and oxygen atoms in total. The van der Waals surface area contributed by atoms with Crippen molar-refractivity contribution in [2.45, 2.75) is 45.4 Å². The lowest BCUT2D eigenvalue weighted by Crippen LogP contribution is -2.15. The minimum atomic E-state index is 0.816. The van der Waals surface area contributed by atoms with Crippen molar-refractivity contribution in [3.63, 3.8) is 0 Å². The second-order valence-corrected chi connectivity index (χ2v) is 7.89. The molecule has 0 saturated heterocycles.